The van der Waals surface area contributed by atoms with Crippen molar-refractivity contribution in [2.75, 3.05) is 20.2 Å². The van der Waals surface area contributed by atoms with Crippen LogP contribution in [0.3, 0.4) is 0 Å². The van der Waals surface area contributed by atoms with E-state index < -0.39 is 15.9 Å². The molecule has 7 nitrogen and oxygen atoms in total. The number of benzene rings is 2. The summed E-state index contributed by atoms with van der Waals surface area (Å²) < 4.78 is 31.6. The van der Waals surface area contributed by atoms with Crippen LogP contribution in [-0.4, -0.2) is 39.6 Å². The monoisotopic (exact) mass is 418 g/mol. The fraction of sp³-hybridized carbons (Fsp3) is 0.188. The lowest BCUT2D eigenvalue weighted by Gasteiger charge is -2.09. The van der Waals surface area contributed by atoms with Crippen LogP contribution in [0.4, 0.5) is 0 Å². The van der Waals surface area contributed by atoms with Gasteiger partial charge in [0.15, 0.2) is 5.75 Å². The molecule has 0 aliphatic heterocycles. The Hall–Kier alpha value is -2.00. The minimum absolute atomic E-state index is 0.0142. The molecule has 140 valence electrons. The van der Waals surface area contributed by atoms with E-state index in [1.165, 1.54) is 43.5 Å². The third-order valence-electron chi connectivity index (χ3n) is 3.35. The van der Waals surface area contributed by atoms with Gasteiger partial charge in [-0.05, 0) is 36.4 Å². The molecule has 2 rings (SSSR count). The molecular weight excluding hydrogens is 403 g/mol. The Bertz CT molecular complexity index is 878. The van der Waals surface area contributed by atoms with Crippen LogP contribution in [0, 0.1) is 0 Å². The molecule has 10 heteroatoms. The Kier molecular flexibility index (Phi) is 6.71. The van der Waals surface area contributed by atoms with Gasteiger partial charge in [-0.15, -0.1) is 0 Å². The number of hydrogen-bond donors (Lipinski definition) is 3. The number of halogens is 2. The van der Waals surface area contributed by atoms with Crippen LogP contribution in [-0.2, 0) is 10.0 Å². The van der Waals surface area contributed by atoms with E-state index in [9.17, 15) is 18.3 Å². The molecule has 0 aliphatic rings. The molecule has 0 fully saturated rings. The molecule has 0 radical (unpaired) electrons. The van der Waals surface area contributed by atoms with Gasteiger partial charge < -0.3 is 15.2 Å². The van der Waals surface area contributed by atoms with Crippen LogP contribution in [0.5, 0.6) is 11.5 Å². The maximum atomic E-state index is 12.1. The van der Waals surface area contributed by atoms with Crippen molar-refractivity contribution in [2.24, 2.45) is 0 Å². The van der Waals surface area contributed by atoms with Crippen molar-refractivity contribution in [3.05, 3.63) is 52.0 Å². The van der Waals surface area contributed by atoms with E-state index in [1.54, 1.807) is 0 Å². The summed E-state index contributed by atoms with van der Waals surface area (Å²) in [5.74, 6) is -0.267. The number of sulfonamides is 1. The highest BCUT2D eigenvalue weighted by Crippen LogP contribution is 2.32. The summed E-state index contributed by atoms with van der Waals surface area (Å²) in [4.78, 5) is 12.1. The predicted octanol–water partition coefficient (Wildman–Crippen LogP) is 2.42. The van der Waals surface area contributed by atoms with Gasteiger partial charge in [-0.1, -0.05) is 23.2 Å². The number of nitrogens with one attached hydrogen (secondary N) is 2. The smallest absolute Gasteiger partial charge is 0.251 e. The zero-order valence-corrected chi connectivity index (χ0v) is 16.0. The fourth-order valence-electron chi connectivity index (χ4n) is 2.00. The first kappa shape index (κ1) is 20.3. The lowest BCUT2D eigenvalue weighted by atomic mass is 10.2. The Balaban J connectivity index is 1.90. The Morgan fingerprint density at radius 2 is 1.69 bits per heavy atom. The van der Waals surface area contributed by atoms with Gasteiger partial charge in [0, 0.05) is 18.7 Å². The van der Waals surface area contributed by atoms with E-state index in [1.807, 2.05) is 0 Å². The first-order chi connectivity index (χ1) is 12.2. The van der Waals surface area contributed by atoms with Gasteiger partial charge in [0.05, 0.1) is 22.1 Å². The minimum atomic E-state index is -3.70. The van der Waals surface area contributed by atoms with Crippen molar-refractivity contribution in [1.29, 1.82) is 0 Å². The van der Waals surface area contributed by atoms with Crippen LogP contribution < -0.4 is 14.8 Å². The Morgan fingerprint density at radius 1 is 1.12 bits per heavy atom. The maximum Gasteiger partial charge on any atom is 0.251 e. The van der Waals surface area contributed by atoms with Crippen LogP contribution in [0.2, 0.25) is 10.0 Å². The van der Waals surface area contributed by atoms with E-state index in [0.29, 0.717) is 5.75 Å². The van der Waals surface area contributed by atoms with Gasteiger partial charge in [0.25, 0.3) is 5.91 Å². The second kappa shape index (κ2) is 8.59. The molecule has 2 aromatic carbocycles. The second-order valence-electron chi connectivity index (χ2n) is 5.12. The molecule has 0 spiro atoms. The molecule has 0 aliphatic carbocycles. The van der Waals surface area contributed by atoms with Gasteiger partial charge >= 0.3 is 0 Å². The van der Waals surface area contributed by atoms with Crippen molar-refractivity contribution < 1.29 is 23.1 Å². The van der Waals surface area contributed by atoms with Crippen LogP contribution in [0.25, 0.3) is 0 Å². The average molecular weight is 419 g/mol. The average Bonchev–Trinajstić information content (AvgIpc) is 2.62. The third kappa shape index (κ3) is 5.01. The van der Waals surface area contributed by atoms with Crippen LogP contribution in [0.1, 0.15) is 10.4 Å². The van der Waals surface area contributed by atoms with Crippen LogP contribution >= 0.6 is 23.2 Å². The number of hydrogen-bond acceptors (Lipinski definition) is 5. The van der Waals surface area contributed by atoms with E-state index in [-0.39, 0.29) is 39.3 Å². The number of amides is 1. The van der Waals surface area contributed by atoms with Gasteiger partial charge in [-0.2, -0.15) is 0 Å². The summed E-state index contributed by atoms with van der Waals surface area (Å²) >= 11 is 11.5. The zero-order chi connectivity index (χ0) is 19.3. The highest BCUT2D eigenvalue weighted by atomic mass is 35.5. The number of ether oxygens (including phenoxy) is 1. The van der Waals surface area contributed by atoms with Crippen molar-refractivity contribution in [2.45, 2.75) is 4.90 Å². The van der Waals surface area contributed by atoms with Crippen LogP contribution in [0.15, 0.2) is 41.3 Å². The predicted molar refractivity (Wildman–Crippen MR) is 98.6 cm³/mol. The first-order valence-corrected chi connectivity index (χ1v) is 9.58. The normalized spacial score (nSPS) is 11.2. The molecule has 0 atom stereocenters. The first-order valence-electron chi connectivity index (χ1n) is 7.34. The van der Waals surface area contributed by atoms with Crippen molar-refractivity contribution in [3.8, 4) is 11.5 Å². The minimum Gasteiger partial charge on any atom is -0.505 e. The maximum absolute atomic E-state index is 12.1. The topological polar surface area (TPSA) is 105 Å². The van der Waals surface area contributed by atoms with E-state index in [0.717, 1.165) is 0 Å². The number of carbonyl (C=O) groups is 1. The standard InChI is InChI=1S/C16H16Cl2N2O5S/c1-25-11-2-4-12(5-3-11)26(23,24)20-7-6-19-16(22)10-8-13(17)15(21)14(18)9-10/h2-5,8-9,20-21H,6-7H2,1H3,(H,19,22). The van der Waals surface area contributed by atoms with Gasteiger partial charge in [0.2, 0.25) is 10.0 Å². The second-order valence-corrected chi connectivity index (χ2v) is 7.70. The highest BCUT2D eigenvalue weighted by Gasteiger charge is 2.15. The van der Waals surface area contributed by atoms with E-state index in [4.69, 9.17) is 27.9 Å². The van der Waals surface area contributed by atoms with Crippen molar-refractivity contribution in [3.63, 3.8) is 0 Å². The summed E-state index contributed by atoms with van der Waals surface area (Å²) in [5.41, 5.74) is 0.149. The summed E-state index contributed by atoms with van der Waals surface area (Å²) in [6, 6.07) is 8.43. The molecule has 0 unspecified atom stereocenters. The number of phenolic OH excluding ortho intramolecular Hbond substituents is 1. The molecule has 0 aromatic heterocycles. The largest absolute Gasteiger partial charge is 0.505 e. The molecule has 3 N–H and O–H groups in total. The number of carbonyl (C=O) groups excluding carboxylic acids is 1. The SMILES string of the molecule is COc1ccc(S(=O)(=O)NCCNC(=O)c2cc(Cl)c(O)c(Cl)c2)cc1. The van der Waals surface area contributed by atoms with Crippen molar-refractivity contribution >= 4 is 39.1 Å². The van der Waals surface area contributed by atoms with Gasteiger partial charge in [-0.3, -0.25) is 4.79 Å². The number of methoxy groups -OCH3 is 1. The lowest BCUT2D eigenvalue weighted by molar-refractivity contribution is 0.0954. The summed E-state index contributed by atoms with van der Waals surface area (Å²) in [5, 5.41) is 11.9. The molecule has 26 heavy (non-hydrogen) atoms. The number of aromatic hydroxyl groups is 1. The molecule has 0 saturated carbocycles. The Labute approximate surface area is 160 Å². The van der Waals surface area contributed by atoms with Gasteiger partial charge in [-0.25, -0.2) is 13.1 Å². The molecule has 0 saturated heterocycles. The molecule has 0 heterocycles. The lowest BCUT2D eigenvalue weighted by Crippen LogP contribution is -2.34. The summed E-state index contributed by atoms with van der Waals surface area (Å²) in [7, 11) is -2.21. The molecule has 2 aromatic rings. The van der Waals surface area contributed by atoms with Crippen molar-refractivity contribution in [1.82, 2.24) is 10.0 Å². The fourth-order valence-corrected chi connectivity index (χ4v) is 3.52. The summed E-state index contributed by atoms with van der Waals surface area (Å²) in [6.07, 6.45) is 0. The molecule has 0 bridgehead atoms. The van der Waals surface area contributed by atoms with E-state index in [2.05, 4.69) is 10.0 Å². The summed E-state index contributed by atoms with van der Waals surface area (Å²) in [6.45, 7) is 0.0317. The quantitative estimate of drug-likeness (QED) is 0.598. The zero-order valence-electron chi connectivity index (χ0n) is 13.6. The number of rotatable bonds is 7. The molecule has 1 amide bonds. The highest BCUT2D eigenvalue weighted by molar-refractivity contribution is 7.89. The Morgan fingerprint density at radius 3 is 2.23 bits per heavy atom. The van der Waals surface area contributed by atoms with Gasteiger partial charge in [0.1, 0.15) is 5.75 Å². The molecular formula is C16H16Cl2N2O5S. The van der Waals surface area contributed by atoms with E-state index >= 15 is 0 Å². The number of phenols is 1. The third-order valence-corrected chi connectivity index (χ3v) is 5.40.